The zero-order valence-electron chi connectivity index (χ0n) is 13.4. The molecule has 1 aromatic heterocycles. The monoisotopic (exact) mass is 328 g/mol. The summed E-state index contributed by atoms with van der Waals surface area (Å²) in [7, 11) is 0. The summed E-state index contributed by atoms with van der Waals surface area (Å²) < 4.78 is 5.88. The van der Waals surface area contributed by atoms with Gasteiger partial charge in [0, 0.05) is 10.9 Å². The van der Waals surface area contributed by atoms with Crippen molar-refractivity contribution in [2.24, 2.45) is 0 Å². The number of hydrogen-bond donors (Lipinski definition) is 2. The van der Waals surface area contributed by atoms with Crippen molar-refractivity contribution in [2.75, 3.05) is 5.32 Å². The van der Waals surface area contributed by atoms with Crippen LogP contribution in [-0.2, 0) is 0 Å². The molecule has 0 saturated carbocycles. The van der Waals surface area contributed by atoms with Crippen LogP contribution < -0.4 is 10.1 Å². The van der Waals surface area contributed by atoms with Crippen molar-refractivity contribution in [1.29, 1.82) is 0 Å². The van der Waals surface area contributed by atoms with E-state index in [0.29, 0.717) is 17.1 Å². The normalized spacial score (nSPS) is 10.6. The van der Waals surface area contributed by atoms with Crippen LogP contribution in [0.25, 0.3) is 10.9 Å². The Morgan fingerprint density at radius 2 is 1.56 bits per heavy atom. The van der Waals surface area contributed by atoms with E-state index in [1.54, 1.807) is 0 Å². The number of para-hydroxylation sites is 4. The number of carbonyl (C=O) groups is 1. The smallest absolute Gasteiger partial charge is 0.272 e. The minimum Gasteiger partial charge on any atom is -0.455 e. The van der Waals surface area contributed by atoms with Crippen LogP contribution in [-0.4, -0.2) is 10.9 Å². The molecule has 0 fully saturated rings. The number of ether oxygens (including phenoxy) is 1. The molecular formula is C21H16N2O2. The van der Waals surface area contributed by atoms with Gasteiger partial charge >= 0.3 is 0 Å². The number of hydrogen-bond acceptors (Lipinski definition) is 2. The van der Waals surface area contributed by atoms with E-state index in [9.17, 15) is 4.79 Å². The summed E-state index contributed by atoms with van der Waals surface area (Å²) in [6.45, 7) is 0. The Hall–Kier alpha value is -3.53. The van der Waals surface area contributed by atoms with E-state index in [-0.39, 0.29) is 5.91 Å². The van der Waals surface area contributed by atoms with Crippen molar-refractivity contribution in [3.05, 3.63) is 90.6 Å². The molecule has 2 N–H and O–H groups in total. The van der Waals surface area contributed by atoms with Crippen LogP contribution in [0.15, 0.2) is 84.9 Å². The molecule has 4 aromatic rings. The third-order valence-electron chi connectivity index (χ3n) is 3.88. The van der Waals surface area contributed by atoms with Crippen molar-refractivity contribution in [3.63, 3.8) is 0 Å². The van der Waals surface area contributed by atoms with Crippen molar-refractivity contribution < 1.29 is 9.53 Å². The Labute approximate surface area is 145 Å². The van der Waals surface area contributed by atoms with Crippen LogP contribution in [0, 0.1) is 0 Å². The first-order valence-corrected chi connectivity index (χ1v) is 8.01. The van der Waals surface area contributed by atoms with E-state index in [2.05, 4.69) is 10.3 Å². The first kappa shape index (κ1) is 15.0. The third-order valence-corrected chi connectivity index (χ3v) is 3.88. The van der Waals surface area contributed by atoms with Crippen molar-refractivity contribution in [3.8, 4) is 11.5 Å². The first-order valence-electron chi connectivity index (χ1n) is 8.01. The summed E-state index contributed by atoms with van der Waals surface area (Å²) >= 11 is 0. The van der Waals surface area contributed by atoms with Gasteiger partial charge in [0.1, 0.15) is 11.4 Å². The van der Waals surface area contributed by atoms with Gasteiger partial charge in [-0.2, -0.15) is 0 Å². The molecule has 0 atom stereocenters. The number of benzene rings is 3. The molecule has 3 aromatic carbocycles. The van der Waals surface area contributed by atoms with Gasteiger partial charge < -0.3 is 15.0 Å². The lowest BCUT2D eigenvalue weighted by atomic mass is 10.2. The second-order valence-corrected chi connectivity index (χ2v) is 5.64. The molecule has 0 bridgehead atoms. The van der Waals surface area contributed by atoms with E-state index in [0.717, 1.165) is 16.7 Å². The van der Waals surface area contributed by atoms with Gasteiger partial charge in [0.25, 0.3) is 5.91 Å². The maximum atomic E-state index is 12.6. The molecule has 122 valence electrons. The van der Waals surface area contributed by atoms with Crippen molar-refractivity contribution >= 4 is 22.5 Å². The number of aromatic amines is 1. The van der Waals surface area contributed by atoms with Crippen molar-refractivity contribution in [2.45, 2.75) is 0 Å². The first-order chi connectivity index (χ1) is 12.3. The van der Waals surface area contributed by atoms with E-state index in [1.165, 1.54) is 0 Å². The topological polar surface area (TPSA) is 54.1 Å². The quantitative estimate of drug-likeness (QED) is 0.540. The van der Waals surface area contributed by atoms with Crippen LogP contribution in [0.1, 0.15) is 10.5 Å². The highest BCUT2D eigenvalue weighted by Gasteiger charge is 2.12. The van der Waals surface area contributed by atoms with E-state index < -0.39 is 0 Å². The van der Waals surface area contributed by atoms with Gasteiger partial charge in [-0.25, -0.2) is 0 Å². The molecular weight excluding hydrogens is 312 g/mol. The fraction of sp³-hybridized carbons (Fsp3) is 0. The maximum Gasteiger partial charge on any atom is 0.272 e. The largest absolute Gasteiger partial charge is 0.455 e. The molecule has 0 unspecified atom stereocenters. The lowest BCUT2D eigenvalue weighted by Gasteiger charge is -2.11. The number of aromatic nitrogens is 1. The number of carbonyl (C=O) groups excluding carboxylic acids is 1. The summed E-state index contributed by atoms with van der Waals surface area (Å²) in [5.41, 5.74) is 2.06. The van der Waals surface area contributed by atoms with E-state index >= 15 is 0 Å². The minimum absolute atomic E-state index is 0.208. The average Bonchev–Trinajstić information content (AvgIpc) is 3.09. The SMILES string of the molecule is O=C(Nc1ccccc1Oc1ccccc1)c1cc2ccccc2[nH]1. The zero-order chi connectivity index (χ0) is 17.1. The van der Waals surface area contributed by atoms with Crippen molar-refractivity contribution in [1.82, 2.24) is 4.98 Å². The molecule has 0 saturated heterocycles. The van der Waals surface area contributed by atoms with Gasteiger partial charge in [0.05, 0.1) is 5.69 Å². The zero-order valence-corrected chi connectivity index (χ0v) is 13.4. The van der Waals surface area contributed by atoms with Crippen LogP contribution in [0.5, 0.6) is 11.5 Å². The van der Waals surface area contributed by atoms with Gasteiger partial charge in [-0.05, 0) is 36.4 Å². The second kappa shape index (κ2) is 6.53. The van der Waals surface area contributed by atoms with Gasteiger partial charge in [0.2, 0.25) is 0 Å². The Balaban J connectivity index is 1.59. The summed E-state index contributed by atoms with van der Waals surface area (Å²) in [5, 5.41) is 3.91. The molecule has 0 aliphatic carbocycles. The second-order valence-electron chi connectivity index (χ2n) is 5.64. The molecule has 0 aliphatic rings. The van der Waals surface area contributed by atoms with Gasteiger partial charge in [-0.15, -0.1) is 0 Å². The average molecular weight is 328 g/mol. The maximum absolute atomic E-state index is 12.6. The molecule has 25 heavy (non-hydrogen) atoms. The number of fused-ring (bicyclic) bond motifs is 1. The Bertz CT molecular complexity index is 989. The summed E-state index contributed by atoms with van der Waals surface area (Å²) in [5.74, 6) is 1.10. The minimum atomic E-state index is -0.208. The van der Waals surface area contributed by atoms with E-state index in [1.807, 2.05) is 84.9 Å². The molecule has 4 rings (SSSR count). The number of nitrogens with one attached hydrogen (secondary N) is 2. The fourth-order valence-corrected chi connectivity index (χ4v) is 2.66. The molecule has 0 radical (unpaired) electrons. The lowest BCUT2D eigenvalue weighted by Crippen LogP contribution is -2.12. The number of rotatable bonds is 4. The molecule has 4 heteroatoms. The summed E-state index contributed by atoms with van der Waals surface area (Å²) in [6.07, 6.45) is 0. The van der Waals surface area contributed by atoms with Gasteiger partial charge in [0.15, 0.2) is 5.75 Å². The number of anilines is 1. The highest BCUT2D eigenvalue weighted by atomic mass is 16.5. The molecule has 4 nitrogen and oxygen atoms in total. The predicted octanol–water partition coefficient (Wildman–Crippen LogP) is 5.21. The summed E-state index contributed by atoms with van der Waals surface area (Å²) in [4.78, 5) is 15.7. The van der Waals surface area contributed by atoms with E-state index in [4.69, 9.17) is 4.74 Å². The third kappa shape index (κ3) is 3.23. The fourth-order valence-electron chi connectivity index (χ4n) is 2.66. The number of H-pyrrole nitrogens is 1. The highest BCUT2D eigenvalue weighted by Crippen LogP contribution is 2.29. The van der Waals surface area contributed by atoms with Gasteiger partial charge in [-0.1, -0.05) is 48.5 Å². The molecule has 0 spiro atoms. The predicted molar refractivity (Wildman–Crippen MR) is 99.2 cm³/mol. The molecule has 0 aliphatic heterocycles. The van der Waals surface area contributed by atoms with Crippen LogP contribution >= 0.6 is 0 Å². The number of amides is 1. The standard InChI is InChI=1S/C21H16N2O2/c24-21(19-14-15-8-4-5-11-17(15)22-19)23-18-12-6-7-13-20(18)25-16-9-2-1-3-10-16/h1-14,22H,(H,23,24). The van der Waals surface area contributed by atoms with Crippen LogP contribution in [0.4, 0.5) is 5.69 Å². The molecule has 1 heterocycles. The van der Waals surface area contributed by atoms with Gasteiger partial charge in [-0.3, -0.25) is 4.79 Å². The van der Waals surface area contributed by atoms with Crippen LogP contribution in [0.3, 0.4) is 0 Å². The van der Waals surface area contributed by atoms with Crippen LogP contribution in [0.2, 0.25) is 0 Å². The molecule has 1 amide bonds. The summed E-state index contributed by atoms with van der Waals surface area (Å²) in [6, 6.07) is 26.5. The lowest BCUT2D eigenvalue weighted by molar-refractivity contribution is 0.102. The Morgan fingerprint density at radius 1 is 0.840 bits per heavy atom. The Morgan fingerprint density at radius 3 is 2.40 bits per heavy atom. The highest BCUT2D eigenvalue weighted by molar-refractivity contribution is 6.06. The Kier molecular flexibility index (Phi) is 3.92.